The largest absolute Gasteiger partial charge is 0.393 e. The molecule has 1 aliphatic heterocycles. The Morgan fingerprint density at radius 2 is 2.14 bits per heavy atom. The molecule has 1 aromatic heterocycles. The number of aliphatic hydroxyl groups is 1. The summed E-state index contributed by atoms with van der Waals surface area (Å²) in [6.45, 7) is -0.161. The summed E-state index contributed by atoms with van der Waals surface area (Å²) in [5.74, 6) is -0.000743. The Morgan fingerprint density at radius 1 is 1.36 bits per heavy atom. The number of benzene rings is 1. The number of halogens is 1. The van der Waals surface area contributed by atoms with Crippen LogP contribution in [-0.2, 0) is 0 Å². The molecule has 1 aliphatic rings. The van der Waals surface area contributed by atoms with Crippen molar-refractivity contribution < 1.29 is 9.50 Å². The summed E-state index contributed by atoms with van der Waals surface area (Å²) in [6, 6.07) is 11.2. The molecule has 0 bridgehead atoms. The molecule has 1 fully saturated rings. The summed E-state index contributed by atoms with van der Waals surface area (Å²) >= 11 is 0. The molecule has 0 radical (unpaired) electrons. The van der Waals surface area contributed by atoms with Crippen molar-refractivity contribution in [3.63, 3.8) is 0 Å². The molecular weight excluding hydrogens is 283 g/mol. The number of nitriles is 1. The first kappa shape index (κ1) is 14.4. The van der Waals surface area contributed by atoms with Gasteiger partial charge in [-0.05, 0) is 5.56 Å². The number of hydrogen-bond donors (Lipinski definition) is 1. The van der Waals surface area contributed by atoms with Gasteiger partial charge in [0.05, 0.1) is 25.5 Å². The summed E-state index contributed by atoms with van der Waals surface area (Å²) in [6.07, 6.45) is 2.87. The predicted octanol–water partition coefficient (Wildman–Crippen LogP) is 1.65. The van der Waals surface area contributed by atoms with Gasteiger partial charge in [0.1, 0.15) is 11.9 Å². The number of alkyl halides is 1. The van der Waals surface area contributed by atoms with Gasteiger partial charge in [-0.3, -0.25) is 4.98 Å². The average molecular weight is 298 g/mol. The van der Waals surface area contributed by atoms with Crippen molar-refractivity contribution in [2.45, 2.75) is 11.6 Å². The summed E-state index contributed by atoms with van der Waals surface area (Å²) in [5, 5.41) is 18.4. The molecule has 5 nitrogen and oxygen atoms in total. The molecule has 1 N–H and O–H groups in total. The standard InChI is InChI=1S/C16H15FN4O/c17-16(11-22)10-21(15-8-19-7-13(6-18)20-15)9-14(16)12-4-2-1-3-5-12/h1-5,7-8,14,22H,9-11H2/t14-,16-/m0/s1. The number of hydrogen-bond acceptors (Lipinski definition) is 5. The fourth-order valence-corrected chi connectivity index (χ4v) is 2.86. The maximum Gasteiger partial charge on any atom is 0.161 e. The predicted molar refractivity (Wildman–Crippen MR) is 79.1 cm³/mol. The van der Waals surface area contributed by atoms with E-state index in [0.29, 0.717) is 12.4 Å². The Hall–Kier alpha value is -2.52. The molecule has 0 amide bonds. The van der Waals surface area contributed by atoms with E-state index in [0.717, 1.165) is 5.56 Å². The molecule has 0 saturated carbocycles. The highest BCUT2D eigenvalue weighted by Gasteiger charge is 2.48. The van der Waals surface area contributed by atoms with E-state index in [1.54, 1.807) is 4.90 Å². The molecule has 112 valence electrons. The van der Waals surface area contributed by atoms with Crippen molar-refractivity contribution in [2.24, 2.45) is 0 Å². The van der Waals surface area contributed by atoms with E-state index >= 15 is 4.39 Å². The lowest BCUT2D eigenvalue weighted by molar-refractivity contribution is 0.0751. The number of anilines is 1. The van der Waals surface area contributed by atoms with Crippen LogP contribution in [0.25, 0.3) is 0 Å². The third-order valence-corrected chi connectivity index (χ3v) is 4.01. The molecule has 1 saturated heterocycles. The van der Waals surface area contributed by atoms with Crippen LogP contribution in [0.15, 0.2) is 42.7 Å². The molecule has 2 aromatic rings. The Balaban J connectivity index is 1.93. The number of nitrogens with zero attached hydrogens (tertiary/aromatic N) is 4. The van der Waals surface area contributed by atoms with Gasteiger partial charge in [-0.15, -0.1) is 0 Å². The number of aromatic nitrogens is 2. The van der Waals surface area contributed by atoms with Crippen molar-refractivity contribution in [1.82, 2.24) is 9.97 Å². The monoisotopic (exact) mass is 298 g/mol. The van der Waals surface area contributed by atoms with Crippen LogP contribution in [0.3, 0.4) is 0 Å². The summed E-state index contributed by atoms with van der Waals surface area (Å²) in [7, 11) is 0. The Bertz CT molecular complexity index is 703. The number of aliphatic hydroxyl groups excluding tert-OH is 1. The van der Waals surface area contributed by atoms with Crippen molar-refractivity contribution in [3.8, 4) is 6.07 Å². The SMILES string of the molecule is N#Cc1cncc(N2C[C@@H](c3ccccc3)[C@@](F)(CO)C2)n1. The molecule has 6 heteroatoms. The maximum atomic E-state index is 15.1. The second kappa shape index (κ2) is 5.70. The van der Waals surface area contributed by atoms with Gasteiger partial charge in [-0.1, -0.05) is 30.3 Å². The molecular formula is C16H15FN4O. The van der Waals surface area contributed by atoms with Gasteiger partial charge >= 0.3 is 0 Å². The smallest absolute Gasteiger partial charge is 0.161 e. The zero-order valence-electron chi connectivity index (χ0n) is 11.9. The highest BCUT2D eigenvalue weighted by molar-refractivity contribution is 5.44. The topological polar surface area (TPSA) is 73.0 Å². The summed E-state index contributed by atoms with van der Waals surface area (Å²) < 4.78 is 15.1. The van der Waals surface area contributed by atoms with Crippen LogP contribution in [0.4, 0.5) is 10.2 Å². The lowest BCUT2D eigenvalue weighted by Crippen LogP contribution is -2.36. The first-order chi connectivity index (χ1) is 10.7. The minimum Gasteiger partial charge on any atom is -0.393 e. The first-order valence-corrected chi connectivity index (χ1v) is 6.98. The molecule has 0 aliphatic carbocycles. The second-order valence-corrected chi connectivity index (χ2v) is 5.41. The van der Waals surface area contributed by atoms with Crippen LogP contribution < -0.4 is 4.90 Å². The van der Waals surface area contributed by atoms with Crippen molar-refractivity contribution in [1.29, 1.82) is 5.26 Å². The molecule has 0 unspecified atom stereocenters. The van der Waals surface area contributed by atoms with E-state index in [4.69, 9.17) is 5.26 Å². The second-order valence-electron chi connectivity index (χ2n) is 5.41. The highest BCUT2D eigenvalue weighted by atomic mass is 19.1. The average Bonchev–Trinajstić information content (AvgIpc) is 2.94. The van der Waals surface area contributed by atoms with E-state index in [1.165, 1.54) is 12.4 Å². The lowest BCUT2D eigenvalue weighted by atomic mass is 9.87. The third kappa shape index (κ3) is 2.51. The molecule has 2 atom stereocenters. The minimum atomic E-state index is -1.74. The Kier molecular flexibility index (Phi) is 3.73. The van der Waals surface area contributed by atoms with Crippen LogP contribution in [0, 0.1) is 11.3 Å². The van der Waals surface area contributed by atoms with Crippen molar-refractivity contribution in [2.75, 3.05) is 24.6 Å². The van der Waals surface area contributed by atoms with Crippen LogP contribution in [0.2, 0.25) is 0 Å². The minimum absolute atomic E-state index is 0.0205. The zero-order chi connectivity index (χ0) is 15.6. The first-order valence-electron chi connectivity index (χ1n) is 6.98. The van der Waals surface area contributed by atoms with Gasteiger partial charge in [0.15, 0.2) is 11.4 Å². The molecule has 22 heavy (non-hydrogen) atoms. The maximum absolute atomic E-state index is 15.1. The summed E-state index contributed by atoms with van der Waals surface area (Å²) in [5.41, 5.74) is -0.717. The third-order valence-electron chi connectivity index (χ3n) is 4.01. The fourth-order valence-electron chi connectivity index (χ4n) is 2.86. The van der Waals surface area contributed by atoms with Crippen LogP contribution >= 0.6 is 0 Å². The lowest BCUT2D eigenvalue weighted by Gasteiger charge is -2.23. The van der Waals surface area contributed by atoms with E-state index in [9.17, 15) is 5.11 Å². The van der Waals surface area contributed by atoms with Gasteiger partial charge in [-0.25, -0.2) is 9.37 Å². The molecule has 0 spiro atoms. The normalized spacial score (nSPS) is 24.2. The van der Waals surface area contributed by atoms with Gasteiger partial charge in [0.25, 0.3) is 0 Å². The van der Waals surface area contributed by atoms with Crippen LogP contribution in [-0.4, -0.2) is 40.4 Å². The number of rotatable bonds is 3. The van der Waals surface area contributed by atoms with Gasteiger partial charge in [0, 0.05) is 12.5 Å². The Morgan fingerprint density at radius 3 is 2.82 bits per heavy atom. The zero-order valence-corrected chi connectivity index (χ0v) is 11.9. The van der Waals surface area contributed by atoms with E-state index in [1.807, 2.05) is 36.4 Å². The fraction of sp³-hybridized carbons (Fsp3) is 0.312. The quantitative estimate of drug-likeness (QED) is 0.933. The van der Waals surface area contributed by atoms with Crippen LogP contribution in [0.5, 0.6) is 0 Å². The van der Waals surface area contributed by atoms with E-state index in [2.05, 4.69) is 9.97 Å². The van der Waals surface area contributed by atoms with Gasteiger partial charge in [0.2, 0.25) is 0 Å². The van der Waals surface area contributed by atoms with E-state index in [-0.39, 0.29) is 12.2 Å². The Labute approximate surface area is 127 Å². The van der Waals surface area contributed by atoms with Gasteiger partial charge in [-0.2, -0.15) is 5.26 Å². The van der Waals surface area contributed by atoms with Crippen LogP contribution in [0.1, 0.15) is 17.2 Å². The van der Waals surface area contributed by atoms with Crippen molar-refractivity contribution >= 4 is 5.82 Å². The van der Waals surface area contributed by atoms with Crippen molar-refractivity contribution in [3.05, 3.63) is 54.0 Å². The molecule has 1 aromatic carbocycles. The van der Waals surface area contributed by atoms with E-state index < -0.39 is 18.2 Å². The molecule has 3 rings (SSSR count). The highest BCUT2D eigenvalue weighted by Crippen LogP contribution is 2.40. The summed E-state index contributed by atoms with van der Waals surface area (Å²) in [4.78, 5) is 9.84. The van der Waals surface area contributed by atoms with Gasteiger partial charge < -0.3 is 10.0 Å². The molecule has 2 heterocycles.